The summed E-state index contributed by atoms with van der Waals surface area (Å²) in [4.78, 5) is 16.4. The Morgan fingerprint density at radius 1 is 1.12 bits per heavy atom. The first-order chi connectivity index (χ1) is 7.83. The minimum absolute atomic E-state index is 0.00412. The molecule has 78 valence electrons. The molecule has 0 aliphatic heterocycles. The molecule has 0 N–H and O–H groups in total. The molecule has 0 bridgehead atoms. The van der Waals surface area contributed by atoms with Gasteiger partial charge in [-0.05, 0) is 18.2 Å². The number of benzene rings is 1. The number of hydrogen-bond acceptors (Lipinski definition) is 3. The van der Waals surface area contributed by atoms with Crippen LogP contribution in [0.1, 0.15) is 15.9 Å². The van der Waals surface area contributed by atoms with Crippen molar-refractivity contribution in [3.8, 4) is 17.0 Å². The van der Waals surface area contributed by atoms with Gasteiger partial charge in [-0.25, -0.2) is 0 Å². The molecule has 3 nitrogen and oxygen atoms in total. The average Bonchev–Trinajstić information content (AvgIpc) is 2.64. The van der Waals surface area contributed by atoms with E-state index >= 15 is 0 Å². The lowest BCUT2D eigenvalue weighted by Gasteiger charge is -2.04. The molecule has 1 aromatic carbocycles. The van der Waals surface area contributed by atoms with Crippen molar-refractivity contribution in [3.63, 3.8) is 0 Å². The molecule has 0 radical (unpaired) electrons. The molecule has 1 aliphatic rings. The number of carbonyl (C=O) groups excluding carboxylic acids is 1. The molecule has 0 spiro atoms. The minimum Gasteiger partial charge on any atom is -0.496 e. The van der Waals surface area contributed by atoms with E-state index in [1.54, 1.807) is 31.5 Å². The van der Waals surface area contributed by atoms with Gasteiger partial charge in [0.25, 0.3) is 0 Å². The van der Waals surface area contributed by atoms with Crippen molar-refractivity contribution in [1.82, 2.24) is 4.98 Å². The van der Waals surface area contributed by atoms with E-state index < -0.39 is 0 Å². The van der Waals surface area contributed by atoms with Gasteiger partial charge < -0.3 is 4.74 Å². The highest BCUT2D eigenvalue weighted by Gasteiger charge is 2.30. The van der Waals surface area contributed by atoms with Crippen LogP contribution in [0, 0.1) is 0 Å². The molecule has 1 aliphatic carbocycles. The highest BCUT2D eigenvalue weighted by Crippen LogP contribution is 2.39. The number of nitrogens with zero attached hydrogens (tertiary/aromatic N) is 1. The SMILES string of the molecule is COc1cccc2c1C(=O)c1cccnc1-2. The molecule has 0 unspecified atom stereocenters. The highest BCUT2D eigenvalue weighted by atomic mass is 16.5. The fraction of sp³-hybridized carbons (Fsp3) is 0.0769. The molecule has 1 aromatic heterocycles. The molecule has 3 heteroatoms. The number of methoxy groups -OCH3 is 1. The Morgan fingerprint density at radius 2 is 1.94 bits per heavy atom. The lowest BCUT2D eigenvalue weighted by molar-refractivity contribution is 0.104. The topological polar surface area (TPSA) is 39.2 Å². The van der Waals surface area contributed by atoms with E-state index in [1.807, 2.05) is 12.1 Å². The Hall–Kier alpha value is -2.16. The molecule has 0 saturated carbocycles. The van der Waals surface area contributed by atoms with Crippen molar-refractivity contribution in [3.05, 3.63) is 47.7 Å². The van der Waals surface area contributed by atoms with E-state index in [4.69, 9.17) is 4.74 Å². The number of fused-ring (bicyclic) bond motifs is 3. The number of hydrogen-bond donors (Lipinski definition) is 0. The average molecular weight is 211 g/mol. The maximum Gasteiger partial charge on any atom is 0.199 e. The lowest BCUT2D eigenvalue weighted by Crippen LogP contribution is -1.98. The molecular weight excluding hydrogens is 202 g/mol. The maximum atomic E-state index is 12.1. The van der Waals surface area contributed by atoms with Crippen LogP contribution < -0.4 is 4.74 Å². The lowest BCUT2D eigenvalue weighted by atomic mass is 10.1. The monoisotopic (exact) mass is 211 g/mol. The van der Waals surface area contributed by atoms with Gasteiger partial charge in [0.2, 0.25) is 0 Å². The predicted octanol–water partition coefficient (Wildman–Crippen LogP) is 2.30. The molecule has 16 heavy (non-hydrogen) atoms. The van der Waals surface area contributed by atoms with E-state index in [2.05, 4.69) is 4.98 Å². The number of ether oxygens (including phenoxy) is 1. The molecule has 1 heterocycles. The molecule has 3 rings (SSSR count). The number of ketones is 1. The first kappa shape index (κ1) is 9.09. The molecule has 0 saturated heterocycles. The second-order valence-corrected chi connectivity index (χ2v) is 3.61. The molecule has 0 amide bonds. The van der Waals surface area contributed by atoms with Crippen LogP contribution in [-0.4, -0.2) is 17.9 Å². The summed E-state index contributed by atoms with van der Waals surface area (Å²) in [5.74, 6) is 0.607. The molecule has 2 aromatic rings. The third-order valence-electron chi connectivity index (χ3n) is 2.78. The first-order valence-electron chi connectivity index (χ1n) is 5.00. The maximum absolute atomic E-state index is 12.1. The van der Waals surface area contributed by atoms with Crippen molar-refractivity contribution in [1.29, 1.82) is 0 Å². The molecular formula is C13H9NO2. The van der Waals surface area contributed by atoms with Gasteiger partial charge in [0.05, 0.1) is 18.4 Å². The Kier molecular flexibility index (Phi) is 1.80. The number of pyridine rings is 1. The van der Waals surface area contributed by atoms with E-state index in [9.17, 15) is 4.79 Å². The summed E-state index contributed by atoms with van der Waals surface area (Å²) in [6, 6.07) is 9.13. The second-order valence-electron chi connectivity index (χ2n) is 3.61. The third-order valence-corrected chi connectivity index (χ3v) is 2.78. The summed E-state index contributed by atoms with van der Waals surface area (Å²) in [7, 11) is 1.57. The van der Waals surface area contributed by atoms with E-state index in [-0.39, 0.29) is 5.78 Å². The smallest absolute Gasteiger partial charge is 0.199 e. The summed E-state index contributed by atoms with van der Waals surface area (Å²) in [5, 5.41) is 0. The molecule has 0 fully saturated rings. The third kappa shape index (κ3) is 1.03. The summed E-state index contributed by atoms with van der Waals surface area (Å²) in [5.41, 5.74) is 2.89. The quantitative estimate of drug-likeness (QED) is 0.620. The fourth-order valence-corrected chi connectivity index (χ4v) is 2.07. The van der Waals surface area contributed by atoms with E-state index in [1.165, 1.54) is 0 Å². The van der Waals surface area contributed by atoms with Gasteiger partial charge >= 0.3 is 0 Å². The Bertz CT molecular complexity index is 590. The summed E-state index contributed by atoms with van der Waals surface area (Å²) >= 11 is 0. The second kappa shape index (κ2) is 3.17. The Morgan fingerprint density at radius 3 is 2.75 bits per heavy atom. The largest absolute Gasteiger partial charge is 0.496 e. The van der Waals surface area contributed by atoms with E-state index in [0.717, 1.165) is 11.3 Å². The fourth-order valence-electron chi connectivity index (χ4n) is 2.07. The number of rotatable bonds is 1. The van der Waals surface area contributed by atoms with E-state index in [0.29, 0.717) is 16.9 Å². The van der Waals surface area contributed by atoms with Crippen LogP contribution in [-0.2, 0) is 0 Å². The van der Waals surface area contributed by atoms with Crippen molar-refractivity contribution in [2.75, 3.05) is 7.11 Å². The number of carbonyl (C=O) groups is 1. The normalized spacial score (nSPS) is 12.2. The van der Waals surface area contributed by atoms with Crippen LogP contribution in [0.2, 0.25) is 0 Å². The minimum atomic E-state index is -0.00412. The van der Waals surface area contributed by atoms with Gasteiger partial charge in [-0.3, -0.25) is 9.78 Å². The zero-order chi connectivity index (χ0) is 11.1. The zero-order valence-corrected chi connectivity index (χ0v) is 8.73. The van der Waals surface area contributed by atoms with Crippen LogP contribution in [0.5, 0.6) is 5.75 Å². The van der Waals surface area contributed by atoms with Crippen LogP contribution in [0.25, 0.3) is 11.3 Å². The Balaban J connectivity index is 2.37. The predicted molar refractivity (Wildman–Crippen MR) is 59.7 cm³/mol. The summed E-state index contributed by atoms with van der Waals surface area (Å²) in [6.45, 7) is 0. The van der Waals surface area contributed by atoms with Crippen LogP contribution in [0.4, 0.5) is 0 Å². The Labute approximate surface area is 92.7 Å². The van der Waals surface area contributed by atoms with Gasteiger partial charge in [-0.2, -0.15) is 0 Å². The van der Waals surface area contributed by atoms with Crippen LogP contribution >= 0.6 is 0 Å². The zero-order valence-electron chi connectivity index (χ0n) is 8.73. The van der Waals surface area contributed by atoms with Crippen molar-refractivity contribution >= 4 is 5.78 Å². The summed E-state index contributed by atoms with van der Waals surface area (Å²) in [6.07, 6.45) is 1.70. The standard InChI is InChI=1S/C13H9NO2/c1-16-10-6-2-4-8-11(10)13(15)9-5-3-7-14-12(8)9/h2-7H,1H3. The van der Waals surface area contributed by atoms with Gasteiger partial charge in [0.1, 0.15) is 5.75 Å². The number of aromatic nitrogens is 1. The summed E-state index contributed by atoms with van der Waals surface area (Å²) < 4.78 is 5.21. The highest BCUT2D eigenvalue weighted by molar-refractivity contribution is 6.22. The van der Waals surface area contributed by atoms with Crippen LogP contribution in [0.3, 0.4) is 0 Å². The van der Waals surface area contributed by atoms with Gasteiger partial charge in [0, 0.05) is 17.3 Å². The van der Waals surface area contributed by atoms with Crippen molar-refractivity contribution in [2.45, 2.75) is 0 Å². The van der Waals surface area contributed by atoms with Crippen molar-refractivity contribution in [2.24, 2.45) is 0 Å². The van der Waals surface area contributed by atoms with Crippen molar-refractivity contribution < 1.29 is 9.53 Å². The van der Waals surface area contributed by atoms with Gasteiger partial charge in [-0.1, -0.05) is 12.1 Å². The van der Waals surface area contributed by atoms with Gasteiger partial charge in [-0.15, -0.1) is 0 Å². The van der Waals surface area contributed by atoms with Crippen LogP contribution in [0.15, 0.2) is 36.5 Å². The first-order valence-corrected chi connectivity index (χ1v) is 5.00. The molecule has 0 atom stereocenters. The van der Waals surface area contributed by atoms with Gasteiger partial charge in [0.15, 0.2) is 5.78 Å².